The Kier molecular flexibility index (Phi) is 4.32. The van der Waals surface area contributed by atoms with Crippen LogP contribution in [0.15, 0.2) is 48.9 Å². The highest BCUT2D eigenvalue weighted by Gasteiger charge is 2.29. The van der Waals surface area contributed by atoms with Gasteiger partial charge in [0, 0.05) is 24.5 Å². The summed E-state index contributed by atoms with van der Waals surface area (Å²) in [6, 6.07) is 9.84. The molecule has 1 aromatic carbocycles. The van der Waals surface area contributed by atoms with Gasteiger partial charge in [-0.25, -0.2) is 4.68 Å². The molecule has 3 aromatic rings. The Morgan fingerprint density at radius 3 is 2.65 bits per heavy atom. The lowest BCUT2D eigenvalue weighted by Crippen LogP contribution is -2.38. The fourth-order valence-corrected chi connectivity index (χ4v) is 3.56. The Labute approximate surface area is 153 Å². The number of carbonyl (C=O) groups is 1. The third kappa shape index (κ3) is 3.27. The Morgan fingerprint density at radius 2 is 2.00 bits per heavy atom. The van der Waals surface area contributed by atoms with Crippen molar-refractivity contribution in [3.05, 3.63) is 65.7 Å². The van der Waals surface area contributed by atoms with Crippen LogP contribution in [0.3, 0.4) is 0 Å². The Morgan fingerprint density at radius 1 is 1.19 bits per heavy atom. The van der Waals surface area contributed by atoms with Crippen molar-refractivity contribution in [3.63, 3.8) is 0 Å². The molecule has 6 nitrogen and oxygen atoms in total. The molecular weight excluding hydrogens is 326 g/mol. The van der Waals surface area contributed by atoms with Crippen molar-refractivity contribution in [3.8, 4) is 5.69 Å². The summed E-state index contributed by atoms with van der Waals surface area (Å²) >= 11 is 0. The zero-order chi connectivity index (χ0) is 18.1. The van der Waals surface area contributed by atoms with Gasteiger partial charge in [-0.05, 0) is 62.6 Å². The number of amides is 1. The van der Waals surface area contributed by atoms with Gasteiger partial charge >= 0.3 is 0 Å². The van der Waals surface area contributed by atoms with Gasteiger partial charge in [-0.1, -0.05) is 0 Å². The molecule has 3 heterocycles. The number of aromatic nitrogens is 4. The van der Waals surface area contributed by atoms with Gasteiger partial charge in [0.2, 0.25) is 0 Å². The van der Waals surface area contributed by atoms with Crippen LogP contribution in [0.25, 0.3) is 5.69 Å². The molecule has 1 fully saturated rings. The first-order chi connectivity index (χ1) is 12.6. The molecule has 1 aliphatic heterocycles. The quantitative estimate of drug-likeness (QED) is 0.728. The second-order valence-electron chi connectivity index (χ2n) is 6.98. The lowest BCUT2D eigenvalue weighted by molar-refractivity contribution is 0.0721. The molecule has 0 saturated carbocycles. The number of hydrogen-bond donors (Lipinski definition) is 0. The molecule has 1 atom stereocenters. The second-order valence-corrected chi connectivity index (χ2v) is 6.98. The number of carbonyl (C=O) groups excluding carboxylic acids is 1. The van der Waals surface area contributed by atoms with Gasteiger partial charge < -0.3 is 4.90 Å². The Hall–Kier alpha value is -2.89. The maximum atomic E-state index is 13.0. The molecule has 1 aliphatic rings. The second kappa shape index (κ2) is 6.78. The maximum absolute atomic E-state index is 13.0. The number of aryl methyl sites for hydroxylation is 2. The lowest BCUT2D eigenvalue weighted by atomic mass is 10.1. The number of nitrogens with zero attached hydrogens (tertiary/aromatic N) is 5. The maximum Gasteiger partial charge on any atom is 0.254 e. The van der Waals surface area contributed by atoms with Gasteiger partial charge in [-0.3, -0.25) is 9.48 Å². The molecule has 1 amide bonds. The van der Waals surface area contributed by atoms with Gasteiger partial charge in [-0.15, -0.1) is 0 Å². The van der Waals surface area contributed by atoms with Gasteiger partial charge in [0.15, 0.2) is 0 Å². The van der Waals surface area contributed by atoms with Gasteiger partial charge in [0.25, 0.3) is 5.91 Å². The molecule has 0 bridgehead atoms. The van der Waals surface area contributed by atoms with Gasteiger partial charge in [0.1, 0.15) is 0 Å². The third-order valence-electron chi connectivity index (χ3n) is 4.90. The molecule has 0 radical (unpaired) electrons. The summed E-state index contributed by atoms with van der Waals surface area (Å²) in [5, 5.41) is 8.77. The van der Waals surface area contributed by atoms with Crippen molar-refractivity contribution < 1.29 is 4.79 Å². The highest BCUT2D eigenvalue weighted by atomic mass is 16.2. The minimum atomic E-state index is 0.0968. The van der Waals surface area contributed by atoms with Crippen LogP contribution in [0, 0.1) is 13.8 Å². The normalized spacial score (nSPS) is 17.0. The smallest absolute Gasteiger partial charge is 0.254 e. The fraction of sp³-hybridized carbons (Fsp3) is 0.350. The van der Waals surface area contributed by atoms with E-state index in [1.165, 1.54) is 0 Å². The molecule has 0 aliphatic carbocycles. The molecule has 0 spiro atoms. The molecule has 0 N–H and O–H groups in total. The van der Waals surface area contributed by atoms with Crippen molar-refractivity contribution in [1.29, 1.82) is 0 Å². The monoisotopic (exact) mass is 349 g/mol. The number of rotatable bonds is 4. The van der Waals surface area contributed by atoms with Crippen molar-refractivity contribution >= 4 is 5.91 Å². The van der Waals surface area contributed by atoms with Crippen molar-refractivity contribution in [2.45, 2.75) is 39.3 Å². The van der Waals surface area contributed by atoms with Crippen LogP contribution in [-0.4, -0.2) is 43.0 Å². The topological polar surface area (TPSA) is 56.0 Å². The summed E-state index contributed by atoms with van der Waals surface area (Å²) in [5.74, 6) is 0.0968. The van der Waals surface area contributed by atoms with E-state index in [0.29, 0.717) is 0 Å². The molecule has 0 unspecified atom stereocenters. The molecule has 134 valence electrons. The van der Waals surface area contributed by atoms with Crippen molar-refractivity contribution in [1.82, 2.24) is 24.5 Å². The largest absolute Gasteiger partial charge is 0.334 e. The van der Waals surface area contributed by atoms with E-state index in [-0.39, 0.29) is 11.9 Å². The van der Waals surface area contributed by atoms with E-state index < -0.39 is 0 Å². The summed E-state index contributed by atoms with van der Waals surface area (Å²) < 4.78 is 3.76. The molecule has 1 saturated heterocycles. The molecule has 4 rings (SSSR count). The standard InChI is InChI=1S/C20H23N5O/c1-15-12-21-23(13-15)14-19-4-3-10-24(19)20(26)17-5-7-18(8-6-17)25-11-9-16(2)22-25/h5-9,11-13,19H,3-4,10,14H2,1-2H3/t19-/m1/s1. The van der Waals surface area contributed by atoms with E-state index in [0.717, 1.165) is 48.4 Å². The molecule has 2 aromatic heterocycles. The van der Waals surface area contributed by atoms with Crippen molar-refractivity contribution in [2.24, 2.45) is 0 Å². The molecule has 26 heavy (non-hydrogen) atoms. The van der Waals surface area contributed by atoms with E-state index in [1.54, 1.807) is 0 Å². The lowest BCUT2D eigenvalue weighted by Gasteiger charge is -2.25. The number of hydrogen-bond acceptors (Lipinski definition) is 3. The third-order valence-corrected chi connectivity index (χ3v) is 4.90. The van der Waals surface area contributed by atoms with Crippen LogP contribution in [-0.2, 0) is 6.54 Å². The highest BCUT2D eigenvalue weighted by molar-refractivity contribution is 5.94. The summed E-state index contributed by atoms with van der Waals surface area (Å²) in [7, 11) is 0. The SMILES string of the molecule is Cc1cnn(C[C@H]2CCCN2C(=O)c2ccc(-n3ccc(C)n3)cc2)c1. The van der Waals surface area contributed by atoms with E-state index in [2.05, 4.69) is 10.2 Å². The van der Waals surface area contributed by atoms with E-state index in [1.807, 2.05) is 77.0 Å². The first kappa shape index (κ1) is 16.6. The summed E-state index contributed by atoms with van der Waals surface area (Å²) in [4.78, 5) is 15.0. The average Bonchev–Trinajstić information content (AvgIpc) is 3.37. The first-order valence-corrected chi connectivity index (χ1v) is 9.03. The van der Waals surface area contributed by atoms with Crippen LogP contribution in [0.5, 0.6) is 0 Å². The van der Waals surface area contributed by atoms with Crippen LogP contribution >= 0.6 is 0 Å². The number of benzene rings is 1. The van der Waals surface area contributed by atoms with Crippen molar-refractivity contribution in [2.75, 3.05) is 6.54 Å². The zero-order valence-corrected chi connectivity index (χ0v) is 15.2. The zero-order valence-electron chi connectivity index (χ0n) is 15.2. The summed E-state index contributed by atoms with van der Waals surface area (Å²) in [6.45, 7) is 5.56. The average molecular weight is 349 g/mol. The van der Waals surface area contributed by atoms with E-state index >= 15 is 0 Å². The van der Waals surface area contributed by atoms with E-state index in [4.69, 9.17) is 0 Å². The summed E-state index contributed by atoms with van der Waals surface area (Å²) in [5.41, 5.74) is 3.80. The fourth-order valence-electron chi connectivity index (χ4n) is 3.56. The Bertz CT molecular complexity index is 908. The predicted molar refractivity (Wildman–Crippen MR) is 99.3 cm³/mol. The van der Waals surface area contributed by atoms with Crippen LogP contribution < -0.4 is 0 Å². The molecule has 6 heteroatoms. The predicted octanol–water partition coefficient (Wildman–Crippen LogP) is 2.99. The number of likely N-dealkylation sites (tertiary alicyclic amines) is 1. The van der Waals surface area contributed by atoms with Crippen LogP contribution in [0.1, 0.15) is 34.5 Å². The van der Waals surface area contributed by atoms with Gasteiger partial charge in [-0.2, -0.15) is 10.2 Å². The van der Waals surface area contributed by atoms with Crippen LogP contribution in [0.4, 0.5) is 0 Å². The highest BCUT2D eigenvalue weighted by Crippen LogP contribution is 2.22. The first-order valence-electron chi connectivity index (χ1n) is 9.03. The molecular formula is C20H23N5O. The van der Waals surface area contributed by atoms with Crippen LogP contribution in [0.2, 0.25) is 0 Å². The minimum Gasteiger partial charge on any atom is -0.334 e. The van der Waals surface area contributed by atoms with Gasteiger partial charge in [0.05, 0.1) is 30.2 Å². The Balaban J connectivity index is 1.49. The minimum absolute atomic E-state index is 0.0968. The van der Waals surface area contributed by atoms with E-state index in [9.17, 15) is 4.79 Å². The summed E-state index contributed by atoms with van der Waals surface area (Å²) in [6.07, 6.45) is 7.88.